The van der Waals surface area contributed by atoms with Crippen LogP contribution in [0, 0.1) is 0 Å². The van der Waals surface area contributed by atoms with E-state index in [0.717, 1.165) is 15.5 Å². The zero-order valence-corrected chi connectivity index (χ0v) is 16.4. The first-order valence-corrected chi connectivity index (χ1v) is 9.93. The van der Waals surface area contributed by atoms with Gasteiger partial charge in [0.15, 0.2) is 6.39 Å². The molecule has 144 valence electrons. The summed E-state index contributed by atoms with van der Waals surface area (Å²) in [5.41, 5.74) is 3.12. The van der Waals surface area contributed by atoms with Gasteiger partial charge < -0.3 is 15.1 Å². The lowest BCUT2D eigenvalue weighted by Gasteiger charge is -2.08. The highest BCUT2D eigenvalue weighted by atomic mass is 32.2. The molecule has 0 bridgehead atoms. The monoisotopic (exact) mass is 401 g/mol. The smallest absolute Gasteiger partial charge is 0.319 e. The van der Waals surface area contributed by atoms with Crippen molar-refractivity contribution in [3.05, 3.63) is 97.2 Å². The number of benzene rings is 3. The summed E-state index contributed by atoms with van der Waals surface area (Å²) in [6, 6.07) is 26.3. The highest BCUT2D eigenvalue weighted by Gasteiger charge is 2.05. The van der Waals surface area contributed by atoms with Gasteiger partial charge in [0.2, 0.25) is 0 Å². The largest absolute Gasteiger partial charge is 0.447 e. The predicted octanol–water partition coefficient (Wildman–Crippen LogP) is 5.81. The van der Waals surface area contributed by atoms with Gasteiger partial charge >= 0.3 is 6.03 Å². The number of carbonyl (C=O) groups excluding carboxylic acids is 1. The van der Waals surface area contributed by atoms with Gasteiger partial charge in [0, 0.05) is 15.5 Å². The molecule has 0 spiro atoms. The predicted molar refractivity (Wildman–Crippen MR) is 115 cm³/mol. The van der Waals surface area contributed by atoms with Gasteiger partial charge in [-0.25, -0.2) is 9.78 Å². The first-order chi connectivity index (χ1) is 14.3. The molecule has 0 unspecified atom stereocenters. The van der Waals surface area contributed by atoms with E-state index < -0.39 is 0 Å². The fourth-order valence-corrected chi connectivity index (χ4v) is 3.66. The summed E-state index contributed by atoms with van der Waals surface area (Å²) in [5.74, 6) is 0.602. The number of oxazole rings is 1. The lowest BCUT2D eigenvalue weighted by Crippen LogP contribution is -2.27. The summed E-state index contributed by atoms with van der Waals surface area (Å²) in [7, 11) is 0. The topological polar surface area (TPSA) is 67.2 Å². The molecule has 29 heavy (non-hydrogen) atoms. The van der Waals surface area contributed by atoms with Gasteiger partial charge in [-0.1, -0.05) is 54.2 Å². The average Bonchev–Trinajstić information content (AvgIpc) is 3.28. The number of rotatable bonds is 6. The third kappa shape index (κ3) is 5.27. The molecule has 0 saturated heterocycles. The van der Waals surface area contributed by atoms with Gasteiger partial charge in [-0.3, -0.25) is 0 Å². The Morgan fingerprint density at radius 3 is 2.45 bits per heavy atom. The van der Waals surface area contributed by atoms with Crippen LogP contribution < -0.4 is 10.6 Å². The number of nitrogens with one attached hydrogen (secondary N) is 2. The Morgan fingerprint density at radius 1 is 0.897 bits per heavy atom. The van der Waals surface area contributed by atoms with Crippen molar-refractivity contribution in [3.63, 3.8) is 0 Å². The molecule has 1 heterocycles. The molecule has 5 nitrogen and oxygen atoms in total. The second kappa shape index (κ2) is 9.12. The molecule has 0 saturated carbocycles. The maximum Gasteiger partial charge on any atom is 0.319 e. The Labute approximate surface area is 173 Å². The van der Waals surface area contributed by atoms with Gasteiger partial charge in [-0.05, 0) is 47.5 Å². The summed E-state index contributed by atoms with van der Waals surface area (Å²) < 4.78 is 5.09. The quantitative estimate of drug-likeness (QED) is 0.427. The number of nitrogens with zero attached hydrogens (tertiary/aromatic N) is 1. The van der Waals surface area contributed by atoms with Gasteiger partial charge in [0.1, 0.15) is 5.76 Å². The molecular weight excluding hydrogens is 382 g/mol. The summed E-state index contributed by atoms with van der Waals surface area (Å²) in [5, 5.41) is 5.53. The summed E-state index contributed by atoms with van der Waals surface area (Å²) in [6.45, 7) is 0.289. The molecule has 6 heteroatoms. The highest BCUT2D eigenvalue weighted by molar-refractivity contribution is 7.99. The molecule has 3 aromatic carbocycles. The highest BCUT2D eigenvalue weighted by Crippen LogP contribution is 2.31. The van der Waals surface area contributed by atoms with Crippen molar-refractivity contribution in [1.29, 1.82) is 0 Å². The van der Waals surface area contributed by atoms with Crippen molar-refractivity contribution in [1.82, 2.24) is 10.3 Å². The van der Waals surface area contributed by atoms with E-state index in [1.165, 1.54) is 17.5 Å². The third-order valence-electron chi connectivity index (χ3n) is 4.20. The first-order valence-electron chi connectivity index (χ1n) is 9.12. The van der Waals surface area contributed by atoms with E-state index in [0.29, 0.717) is 5.76 Å². The van der Waals surface area contributed by atoms with Crippen molar-refractivity contribution >= 4 is 23.5 Å². The Hall–Kier alpha value is -3.51. The molecule has 0 aliphatic heterocycles. The Morgan fingerprint density at radius 2 is 1.69 bits per heavy atom. The van der Waals surface area contributed by atoms with Crippen LogP contribution in [0.25, 0.3) is 11.1 Å². The maximum absolute atomic E-state index is 12.0. The lowest BCUT2D eigenvalue weighted by atomic mass is 10.1. The van der Waals surface area contributed by atoms with Crippen molar-refractivity contribution < 1.29 is 9.21 Å². The molecule has 0 aliphatic rings. The van der Waals surface area contributed by atoms with Crippen LogP contribution in [0.15, 0.2) is 106 Å². The van der Waals surface area contributed by atoms with Crippen LogP contribution in [-0.2, 0) is 6.54 Å². The number of urea groups is 1. The third-order valence-corrected chi connectivity index (χ3v) is 5.19. The fourth-order valence-electron chi connectivity index (χ4n) is 2.78. The number of hydrogen-bond acceptors (Lipinski definition) is 4. The van der Waals surface area contributed by atoms with E-state index in [1.807, 2.05) is 42.5 Å². The Balaban J connectivity index is 1.35. The van der Waals surface area contributed by atoms with Crippen LogP contribution in [0.3, 0.4) is 0 Å². The average molecular weight is 401 g/mol. The summed E-state index contributed by atoms with van der Waals surface area (Å²) in [4.78, 5) is 18.0. The van der Waals surface area contributed by atoms with E-state index in [1.54, 1.807) is 18.0 Å². The van der Waals surface area contributed by atoms with E-state index in [2.05, 4.69) is 52.0 Å². The second-order valence-corrected chi connectivity index (χ2v) is 7.44. The normalized spacial score (nSPS) is 10.5. The molecule has 4 rings (SSSR count). The van der Waals surface area contributed by atoms with Crippen molar-refractivity contribution in [2.24, 2.45) is 0 Å². The zero-order chi connectivity index (χ0) is 19.9. The minimum absolute atomic E-state index is 0.289. The van der Waals surface area contributed by atoms with Crippen LogP contribution >= 0.6 is 11.8 Å². The molecule has 2 N–H and O–H groups in total. The summed E-state index contributed by atoms with van der Waals surface area (Å²) >= 11 is 1.68. The van der Waals surface area contributed by atoms with E-state index in [9.17, 15) is 4.79 Å². The molecule has 0 aliphatic carbocycles. The van der Waals surface area contributed by atoms with Crippen LogP contribution in [0.2, 0.25) is 0 Å². The number of aromatic nitrogens is 1. The van der Waals surface area contributed by atoms with Gasteiger partial charge in [-0.15, -0.1) is 0 Å². The minimum atomic E-state index is -0.294. The van der Waals surface area contributed by atoms with Crippen LogP contribution in [0.5, 0.6) is 0 Å². The van der Waals surface area contributed by atoms with Crippen LogP contribution in [0.1, 0.15) is 5.76 Å². The number of amides is 2. The molecular formula is C23H19N3O2S. The Bertz CT molecular complexity index is 1070. The van der Waals surface area contributed by atoms with E-state index >= 15 is 0 Å². The van der Waals surface area contributed by atoms with Gasteiger partial charge in [-0.2, -0.15) is 0 Å². The minimum Gasteiger partial charge on any atom is -0.447 e. The Kier molecular flexibility index (Phi) is 5.92. The molecule has 2 amide bonds. The standard InChI is InChI=1S/C23H19N3O2S/c27-23(25-15-20-14-24-16-28-20)26-19-9-11-21(12-10-19)29-22-8-4-7-18(13-22)17-5-2-1-3-6-17/h1-14,16H,15H2,(H2,25,26,27). The fraction of sp³-hybridized carbons (Fsp3) is 0.0435. The van der Waals surface area contributed by atoms with Gasteiger partial charge in [0.25, 0.3) is 0 Å². The SMILES string of the molecule is O=C(NCc1cnco1)Nc1ccc(Sc2cccc(-c3ccccc3)c2)cc1. The zero-order valence-electron chi connectivity index (χ0n) is 15.5. The first kappa shape index (κ1) is 18.8. The van der Waals surface area contributed by atoms with E-state index in [4.69, 9.17) is 4.42 Å². The molecule has 0 fully saturated rings. The van der Waals surface area contributed by atoms with Crippen molar-refractivity contribution in [2.45, 2.75) is 16.3 Å². The molecule has 0 radical (unpaired) electrons. The number of hydrogen-bond donors (Lipinski definition) is 2. The lowest BCUT2D eigenvalue weighted by molar-refractivity contribution is 0.251. The number of anilines is 1. The van der Waals surface area contributed by atoms with Crippen molar-refractivity contribution in [3.8, 4) is 11.1 Å². The second-order valence-electron chi connectivity index (χ2n) is 6.30. The van der Waals surface area contributed by atoms with Crippen molar-refractivity contribution in [2.75, 3.05) is 5.32 Å². The maximum atomic E-state index is 12.0. The van der Waals surface area contributed by atoms with E-state index in [-0.39, 0.29) is 12.6 Å². The number of carbonyl (C=O) groups is 1. The summed E-state index contributed by atoms with van der Waals surface area (Å²) in [6.07, 6.45) is 2.90. The van der Waals surface area contributed by atoms with Crippen LogP contribution in [-0.4, -0.2) is 11.0 Å². The molecule has 0 atom stereocenters. The molecule has 1 aromatic heterocycles. The van der Waals surface area contributed by atoms with Gasteiger partial charge in [0.05, 0.1) is 12.7 Å². The molecule has 4 aromatic rings. The van der Waals surface area contributed by atoms with Crippen LogP contribution in [0.4, 0.5) is 10.5 Å².